The van der Waals surface area contributed by atoms with Gasteiger partial charge < -0.3 is 4.74 Å². The van der Waals surface area contributed by atoms with Gasteiger partial charge in [0.25, 0.3) is 0 Å². The van der Waals surface area contributed by atoms with Crippen molar-refractivity contribution in [3.63, 3.8) is 0 Å². The molecular weight excluding hydrogens is 264 g/mol. The number of benzene rings is 1. The van der Waals surface area contributed by atoms with E-state index >= 15 is 0 Å². The first kappa shape index (κ1) is 14.9. The van der Waals surface area contributed by atoms with Gasteiger partial charge in [-0.1, -0.05) is 19.3 Å². The summed E-state index contributed by atoms with van der Waals surface area (Å²) in [6.07, 6.45) is 5.21. The predicted octanol–water partition coefficient (Wildman–Crippen LogP) is 3.10. The number of nitrogens with one attached hydrogen (secondary N) is 1. The fraction of sp³-hybridized carbons (Fsp3) is 0.533. The first-order valence-corrected chi connectivity index (χ1v) is 6.90. The van der Waals surface area contributed by atoms with Gasteiger partial charge in [-0.3, -0.25) is 5.32 Å². The fourth-order valence-corrected chi connectivity index (χ4v) is 2.64. The number of carbonyl (C=O) groups is 1. The zero-order chi connectivity index (χ0) is 14.5. The zero-order valence-electron chi connectivity index (χ0n) is 11.5. The van der Waals surface area contributed by atoms with Crippen molar-refractivity contribution < 1.29 is 18.3 Å². The van der Waals surface area contributed by atoms with Crippen LogP contribution in [0.2, 0.25) is 0 Å². The Hall–Kier alpha value is -1.49. The molecule has 0 spiro atoms. The Morgan fingerprint density at radius 1 is 1.30 bits per heavy atom. The van der Waals surface area contributed by atoms with Crippen molar-refractivity contribution >= 4 is 5.97 Å². The maximum absolute atomic E-state index is 13.9. The molecule has 0 bridgehead atoms. The van der Waals surface area contributed by atoms with Gasteiger partial charge in [0.2, 0.25) is 0 Å². The first-order valence-electron chi connectivity index (χ1n) is 6.90. The van der Waals surface area contributed by atoms with Crippen LogP contribution in [0.15, 0.2) is 18.2 Å². The summed E-state index contributed by atoms with van der Waals surface area (Å²) in [6.45, 7) is 0. The number of ether oxygens (including phenoxy) is 1. The van der Waals surface area contributed by atoms with Crippen molar-refractivity contribution in [2.75, 3.05) is 7.11 Å². The molecule has 1 atom stereocenters. The molecule has 1 N–H and O–H groups in total. The molecule has 1 aliphatic rings. The van der Waals surface area contributed by atoms with E-state index in [1.165, 1.54) is 13.5 Å². The Balaban J connectivity index is 2.22. The highest BCUT2D eigenvalue weighted by molar-refractivity contribution is 5.77. The molecule has 1 fully saturated rings. The number of hydrogen-bond acceptors (Lipinski definition) is 3. The highest BCUT2D eigenvalue weighted by Crippen LogP contribution is 2.24. The smallest absolute Gasteiger partial charge is 0.327 e. The van der Waals surface area contributed by atoms with Gasteiger partial charge in [0.05, 0.1) is 7.11 Å². The van der Waals surface area contributed by atoms with Crippen LogP contribution in [0.3, 0.4) is 0 Å². The molecule has 0 aliphatic heterocycles. The van der Waals surface area contributed by atoms with Gasteiger partial charge in [0.1, 0.15) is 17.7 Å². The van der Waals surface area contributed by atoms with Crippen LogP contribution in [0.1, 0.15) is 43.7 Å². The van der Waals surface area contributed by atoms with Gasteiger partial charge in [0, 0.05) is 11.6 Å². The monoisotopic (exact) mass is 283 g/mol. The number of methoxy groups -OCH3 is 1. The van der Waals surface area contributed by atoms with E-state index in [4.69, 9.17) is 4.74 Å². The topological polar surface area (TPSA) is 38.3 Å². The lowest BCUT2D eigenvalue weighted by Gasteiger charge is -2.27. The van der Waals surface area contributed by atoms with Gasteiger partial charge in [-0.05, 0) is 31.0 Å². The third-order valence-electron chi connectivity index (χ3n) is 3.71. The van der Waals surface area contributed by atoms with Crippen LogP contribution in [0.4, 0.5) is 8.78 Å². The Morgan fingerprint density at radius 3 is 2.65 bits per heavy atom. The number of hydrogen-bond donors (Lipinski definition) is 1. The van der Waals surface area contributed by atoms with Gasteiger partial charge in [-0.15, -0.1) is 0 Å². The van der Waals surface area contributed by atoms with Crippen LogP contribution in [0.5, 0.6) is 0 Å². The van der Waals surface area contributed by atoms with E-state index < -0.39 is 23.6 Å². The van der Waals surface area contributed by atoms with Crippen molar-refractivity contribution in [3.05, 3.63) is 35.4 Å². The molecule has 0 saturated heterocycles. The van der Waals surface area contributed by atoms with E-state index in [0.29, 0.717) is 0 Å². The van der Waals surface area contributed by atoms with Crippen LogP contribution in [-0.2, 0) is 9.53 Å². The summed E-state index contributed by atoms with van der Waals surface area (Å²) < 4.78 is 31.9. The van der Waals surface area contributed by atoms with Gasteiger partial charge >= 0.3 is 5.97 Å². The molecule has 1 unspecified atom stereocenters. The summed E-state index contributed by atoms with van der Waals surface area (Å²) in [5.41, 5.74) is 0.00224. The molecule has 0 radical (unpaired) electrons. The molecule has 1 saturated carbocycles. The SMILES string of the molecule is COC(=O)C(NC1CCCCC1)c1cc(F)ccc1F. The third-order valence-corrected chi connectivity index (χ3v) is 3.71. The molecule has 110 valence electrons. The van der Waals surface area contributed by atoms with E-state index in [1.54, 1.807) is 0 Å². The van der Waals surface area contributed by atoms with E-state index in [1.807, 2.05) is 0 Å². The molecule has 20 heavy (non-hydrogen) atoms. The molecular formula is C15H19F2NO2. The zero-order valence-corrected chi connectivity index (χ0v) is 11.5. The first-order chi connectivity index (χ1) is 9.61. The van der Waals surface area contributed by atoms with Crippen molar-refractivity contribution in [2.45, 2.75) is 44.2 Å². The lowest BCUT2D eigenvalue weighted by Crippen LogP contribution is -2.39. The quantitative estimate of drug-likeness (QED) is 0.863. The lowest BCUT2D eigenvalue weighted by molar-refractivity contribution is -0.143. The summed E-state index contributed by atoms with van der Waals surface area (Å²) in [5.74, 6) is -1.77. The van der Waals surface area contributed by atoms with E-state index in [2.05, 4.69) is 5.32 Å². The fourth-order valence-electron chi connectivity index (χ4n) is 2.64. The molecule has 3 nitrogen and oxygen atoms in total. The summed E-state index contributed by atoms with van der Waals surface area (Å²) in [7, 11) is 1.25. The van der Waals surface area contributed by atoms with Crippen molar-refractivity contribution in [1.82, 2.24) is 5.32 Å². The largest absolute Gasteiger partial charge is 0.468 e. The minimum absolute atomic E-state index is 0.00224. The second-order valence-electron chi connectivity index (χ2n) is 5.12. The summed E-state index contributed by atoms with van der Waals surface area (Å²) >= 11 is 0. The predicted molar refractivity (Wildman–Crippen MR) is 71.1 cm³/mol. The average molecular weight is 283 g/mol. The Morgan fingerprint density at radius 2 is 2.00 bits per heavy atom. The second kappa shape index (κ2) is 6.79. The molecule has 0 heterocycles. The maximum atomic E-state index is 13.9. The molecule has 0 amide bonds. The van der Waals surface area contributed by atoms with E-state index in [9.17, 15) is 13.6 Å². The minimum Gasteiger partial charge on any atom is -0.468 e. The molecule has 2 rings (SSSR count). The Labute approximate surface area is 117 Å². The van der Waals surface area contributed by atoms with Crippen LogP contribution in [0, 0.1) is 11.6 Å². The van der Waals surface area contributed by atoms with E-state index in [0.717, 1.165) is 43.9 Å². The third kappa shape index (κ3) is 3.54. The van der Waals surface area contributed by atoms with E-state index in [-0.39, 0.29) is 11.6 Å². The molecule has 1 aliphatic carbocycles. The van der Waals surface area contributed by atoms with Crippen molar-refractivity contribution in [1.29, 1.82) is 0 Å². The van der Waals surface area contributed by atoms with Crippen LogP contribution >= 0.6 is 0 Å². The number of esters is 1. The molecule has 1 aromatic carbocycles. The Kier molecular flexibility index (Phi) is 5.06. The van der Waals surface area contributed by atoms with Gasteiger partial charge in [-0.2, -0.15) is 0 Å². The number of halogens is 2. The highest BCUT2D eigenvalue weighted by atomic mass is 19.1. The number of rotatable bonds is 4. The molecule has 1 aromatic rings. The highest BCUT2D eigenvalue weighted by Gasteiger charge is 2.28. The summed E-state index contributed by atoms with van der Waals surface area (Å²) in [5, 5.41) is 3.11. The van der Waals surface area contributed by atoms with Gasteiger partial charge in [-0.25, -0.2) is 13.6 Å². The summed E-state index contributed by atoms with van der Waals surface area (Å²) in [6, 6.07) is 2.29. The molecule has 0 aromatic heterocycles. The molecule has 5 heteroatoms. The number of carbonyl (C=O) groups excluding carboxylic acids is 1. The maximum Gasteiger partial charge on any atom is 0.327 e. The van der Waals surface area contributed by atoms with Crippen LogP contribution < -0.4 is 5.32 Å². The van der Waals surface area contributed by atoms with Crippen LogP contribution in [0.25, 0.3) is 0 Å². The minimum atomic E-state index is -0.959. The Bertz CT molecular complexity index is 473. The standard InChI is InChI=1S/C15H19F2NO2/c1-20-15(19)14(18-11-5-3-2-4-6-11)12-9-10(16)7-8-13(12)17/h7-9,11,14,18H,2-6H2,1H3. The van der Waals surface area contributed by atoms with Crippen molar-refractivity contribution in [2.24, 2.45) is 0 Å². The normalized spacial score (nSPS) is 17.8. The van der Waals surface area contributed by atoms with Crippen LogP contribution in [-0.4, -0.2) is 19.1 Å². The van der Waals surface area contributed by atoms with Crippen molar-refractivity contribution in [3.8, 4) is 0 Å². The second-order valence-corrected chi connectivity index (χ2v) is 5.12. The average Bonchev–Trinajstić information content (AvgIpc) is 2.48. The van der Waals surface area contributed by atoms with Gasteiger partial charge in [0.15, 0.2) is 0 Å². The lowest BCUT2D eigenvalue weighted by atomic mass is 9.94. The summed E-state index contributed by atoms with van der Waals surface area (Å²) in [4.78, 5) is 11.9.